The fraction of sp³-hybridized carbons (Fsp3) is 0.0909. The van der Waals surface area contributed by atoms with Crippen molar-refractivity contribution in [3.8, 4) is 0 Å². The van der Waals surface area contributed by atoms with Crippen LogP contribution in [0.4, 0.5) is 5.69 Å². The molecule has 0 saturated carbocycles. The molecule has 0 aliphatic heterocycles. The second-order valence-electron chi connectivity index (χ2n) is 6.84. The second kappa shape index (κ2) is 8.75. The smallest absolute Gasteiger partial charge is 0.256 e. The molecular formula is C22H18N6OS2. The minimum atomic E-state index is -0.159. The van der Waals surface area contributed by atoms with Gasteiger partial charge in [0.25, 0.3) is 5.91 Å². The third-order valence-electron chi connectivity index (χ3n) is 4.62. The lowest BCUT2D eigenvalue weighted by Crippen LogP contribution is -2.12. The molecule has 1 aromatic carbocycles. The number of aromatic nitrogens is 5. The van der Waals surface area contributed by atoms with Crippen LogP contribution in [0.3, 0.4) is 0 Å². The van der Waals surface area contributed by atoms with Crippen LogP contribution in [0.2, 0.25) is 0 Å². The molecule has 1 N–H and O–H groups in total. The lowest BCUT2D eigenvalue weighted by atomic mass is 10.2. The molecule has 4 heterocycles. The van der Waals surface area contributed by atoms with Crippen LogP contribution < -0.4 is 5.32 Å². The van der Waals surface area contributed by atoms with Gasteiger partial charge in [-0.25, -0.2) is 9.97 Å². The first kappa shape index (κ1) is 19.5. The van der Waals surface area contributed by atoms with Crippen molar-refractivity contribution in [2.45, 2.75) is 17.2 Å². The molecule has 0 atom stereocenters. The summed E-state index contributed by atoms with van der Waals surface area (Å²) in [7, 11) is 0. The molecule has 0 saturated heterocycles. The highest BCUT2D eigenvalue weighted by Gasteiger charge is 2.13. The standard InChI is InChI=1S/C22H18N6OS2/c29-22(19-5-1-2-6-20(19)31-14-18-13-30-15-23-18)26-16-9-24-28(11-16)12-17-10-27-8-4-3-7-21(27)25-17/h1-11,13,15H,12,14H2,(H,26,29). The van der Waals surface area contributed by atoms with E-state index in [9.17, 15) is 4.79 Å². The number of pyridine rings is 1. The zero-order valence-corrected chi connectivity index (χ0v) is 18.0. The Bertz CT molecular complexity index is 1290. The Hall–Kier alpha value is -3.43. The fourth-order valence-electron chi connectivity index (χ4n) is 3.18. The van der Waals surface area contributed by atoms with Crippen molar-refractivity contribution >= 4 is 40.3 Å². The second-order valence-corrected chi connectivity index (χ2v) is 8.58. The van der Waals surface area contributed by atoms with Gasteiger partial charge in [0.05, 0.1) is 40.9 Å². The number of thiazole rings is 1. The molecule has 0 bridgehead atoms. The van der Waals surface area contributed by atoms with E-state index in [1.54, 1.807) is 34.0 Å². The van der Waals surface area contributed by atoms with E-state index in [-0.39, 0.29) is 5.91 Å². The molecule has 31 heavy (non-hydrogen) atoms. The van der Waals surface area contributed by atoms with Crippen LogP contribution in [-0.2, 0) is 12.3 Å². The van der Waals surface area contributed by atoms with Gasteiger partial charge in [0.15, 0.2) is 0 Å². The molecule has 154 valence electrons. The molecule has 0 spiro atoms. The number of benzene rings is 1. The number of anilines is 1. The quantitative estimate of drug-likeness (QED) is 0.370. The third kappa shape index (κ3) is 4.52. The van der Waals surface area contributed by atoms with Gasteiger partial charge >= 0.3 is 0 Å². The van der Waals surface area contributed by atoms with E-state index in [2.05, 4.69) is 20.4 Å². The molecule has 0 unspecified atom stereocenters. The Morgan fingerprint density at radius 3 is 2.87 bits per heavy atom. The maximum absolute atomic E-state index is 12.9. The van der Waals surface area contributed by atoms with Crippen molar-refractivity contribution < 1.29 is 4.79 Å². The topological polar surface area (TPSA) is 77.1 Å². The van der Waals surface area contributed by atoms with Gasteiger partial charge in [0, 0.05) is 34.6 Å². The predicted molar refractivity (Wildman–Crippen MR) is 123 cm³/mol. The molecule has 9 heteroatoms. The molecule has 5 aromatic rings. The third-order valence-corrected chi connectivity index (χ3v) is 6.36. The Kier molecular flexibility index (Phi) is 5.51. The van der Waals surface area contributed by atoms with Crippen molar-refractivity contribution in [1.29, 1.82) is 0 Å². The highest BCUT2D eigenvalue weighted by molar-refractivity contribution is 7.98. The van der Waals surface area contributed by atoms with Crippen molar-refractivity contribution in [2.75, 3.05) is 5.32 Å². The maximum atomic E-state index is 12.9. The van der Waals surface area contributed by atoms with Gasteiger partial charge in [-0.15, -0.1) is 23.1 Å². The zero-order valence-electron chi connectivity index (χ0n) is 16.4. The van der Waals surface area contributed by atoms with Gasteiger partial charge in [0.1, 0.15) is 5.65 Å². The maximum Gasteiger partial charge on any atom is 0.256 e. The zero-order chi connectivity index (χ0) is 21.0. The molecule has 0 aliphatic carbocycles. The number of fused-ring (bicyclic) bond motifs is 1. The van der Waals surface area contributed by atoms with E-state index in [1.165, 1.54) is 0 Å². The van der Waals surface area contributed by atoms with Crippen LogP contribution in [-0.4, -0.2) is 30.1 Å². The first-order valence-corrected chi connectivity index (χ1v) is 11.5. The van der Waals surface area contributed by atoms with Gasteiger partial charge in [-0.1, -0.05) is 18.2 Å². The Labute approximate surface area is 186 Å². The van der Waals surface area contributed by atoms with Gasteiger partial charge in [-0.05, 0) is 24.3 Å². The van der Waals surface area contributed by atoms with Crippen LogP contribution in [0.5, 0.6) is 0 Å². The normalized spacial score (nSPS) is 11.1. The highest BCUT2D eigenvalue weighted by Crippen LogP contribution is 2.27. The van der Waals surface area contributed by atoms with E-state index in [0.29, 0.717) is 17.8 Å². The first-order valence-electron chi connectivity index (χ1n) is 9.60. The molecule has 4 aromatic heterocycles. The Balaban J connectivity index is 1.26. The highest BCUT2D eigenvalue weighted by atomic mass is 32.2. The number of carbonyl (C=O) groups excluding carboxylic acids is 1. The van der Waals surface area contributed by atoms with Crippen LogP contribution in [0.25, 0.3) is 5.65 Å². The van der Waals surface area contributed by atoms with Crippen LogP contribution in [0.1, 0.15) is 21.7 Å². The first-order chi connectivity index (χ1) is 15.2. The van der Waals surface area contributed by atoms with Crippen LogP contribution in [0, 0.1) is 0 Å². The molecule has 0 aliphatic rings. The number of imidazole rings is 1. The molecule has 7 nitrogen and oxygen atoms in total. The number of thioether (sulfide) groups is 1. The minimum Gasteiger partial charge on any atom is -0.319 e. The lowest BCUT2D eigenvalue weighted by Gasteiger charge is -2.08. The number of hydrogen-bond donors (Lipinski definition) is 1. The molecule has 0 fully saturated rings. The van der Waals surface area contributed by atoms with Gasteiger partial charge in [0.2, 0.25) is 0 Å². The van der Waals surface area contributed by atoms with E-state index in [0.717, 1.165) is 27.7 Å². The summed E-state index contributed by atoms with van der Waals surface area (Å²) in [6.45, 7) is 0.525. The summed E-state index contributed by atoms with van der Waals surface area (Å²) in [4.78, 5) is 22.7. The summed E-state index contributed by atoms with van der Waals surface area (Å²) >= 11 is 3.18. The number of nitrogens with zero attached hydrogens (tertiary/aromatic N) is 5. The average molecular weight is 447 g/mol. The molecular weight excluding hydrogens is 428 g/mol. The molecule has 1 amide bonds. The largest absolute Gasteiger partial charge is 0.319 e. The van der Waals surface area contributed by atoms with Gasteiger partial charge in [-0.2, -0.15) is 5.10 Å². The summed E-state index contributed by atoms with van der Waals surface area (Å²) in [6.07, 6.45) is 7.40. The number of amides is 1. The summed E-state index contributed by atoms with van der Waals surface area (Å²) in [5.41, 5.74) is 5.90. The number of rotatable bonds is 7. The van der Waals surface area contributed by atoms with Crippen molar-refractivity contribution in [1.82, 2.24) is 24.1 Å². The summed E-state index contributed by atoms with van der Waals surface area (Å²) in [6, 6.07) is 13.5. The van der Waals surface area contributed by atoms with Gasteiger partial charge < -0.3 is 9.72 Å². The van der Waals surface area contributed by atoms with Crippen molar-refractivity contribution in [3.63, 3.8) is 0 Å². The Morgan fingerprint density at radius 2 is 2.00 bits per heavy atom. The SMILES string of the molecule is O=C(Nc1cnn(Cc2cn3ccccc3n2)c1)c1ccccc1SCc1cscn1. The number of hydrogen-bond acceptors (Lipinski definition) is 6. The lowest BCUT2D eigenvalue weighted by molar-refractivity contribution is 0.102. The number of carbonyl (C=O) groups is 1. The fourth-order valence-corrected chi connectivity index (χ4v) is 4.80. The number of nitrogens with one attached hydrogen (secondary N) is 1. The van der Waals surface area contributed by atoms with Crippen molar-refractivity contribution in [2.24, 2.45) is 0 Å². The average Bonchev–Trinajstić information content (AvgIpc) is 3.53. The van der Waals surface area contributed by atoms with Gasteiger partial charge in [-0.3, -0.25) is 9.48 Å². The minimum absolute atomic E-state index is 0.159. The summed E-state index contributed by atoms with van der Waals surface area (Å²) < 4.78 is 3.74. The van der Waals surface area contributed by atoms with E-state index >= 15 is 0 Å². The predicted octanol–water partition coefficient (Wildman–Crippen LogP) is 4.58. The van der Waals surface area contributed by atoms with E-state index in [4.69, 9.17) is 0 Å². The molecule has 0 radical (unpaired) electrons. The van der Waals surface area contributed by atoms with Crippen molar-refractivity contribution in [3.05, 3.63) is 95.1 Å². The molecule has 5 rings (SSSR count). The van der Waals surface area contributed by atoms with Crippen LogP contribution in [0.15, 0.2) is 83.0 Å². The summed E-state index contributed by atoms with van der Waals surface area (Å²) in [5, 5.41) is 9.33. The van der Waals surface area contributed by atoms with E-state index in [1.807, 2.05) is 76.3 Å². The summed E-state index contributed by atoms with van der Waals surface area (Å²) in [5.74, 6) is 0.568. The van der Waals surface area contributed by atoms with Crippen LogP contribution >= 0.6 is 23.1 Å². The monoisotopic (exact) mass is 446 g/mol. The van der Waals surface area contributed by atoms with E-state index < -0.39 is 0 Å². The Morgan fingerprint density at radius 1 is 1.10 bits per heavy atom.